The summed E-state index contributed by atoms with van der Waals surface area (Å²) in [6.45, 7) is 2.27. The normalized spacial score (nSPS) is 23.6. The molecular formula is C10H20O8. The molecule has 8 N–H and O–H groups in total. The van der Waals surface area contributed by atoms with Crippen molar-refractivity contribution in [2.45, 2.75) is 50.5 Å². The van der Waals surface area contributed by atoms with E-state index >= 15 is 0 Å². The number of rotatable bonds is 6. The van der Waals surface area contributed by atoms with Gasteiger partial charge in [-0.15, -0.1) is 0 Å². The molecular weight excluding hydrogens is 248 g/mol. The lowest BCUT2D eigenvalue weighted by Crippen LogP contribution is -2.45. The zero-order valence-electron chi connectivity index (χ0n) is 10.0. The van der Waals surface area contributed by atoms with Crippen molar-refractivity contribution >= 4 is 0 Å². The Morgan fingerprint density at radius 3 is 1.33 bits per heavy atom. The van der Waals surface area contributed by atoms with Gasteiger partial charge in [0.2, 0.25) is 0 Å². The van der Waals surface area contributed by atoms with Crippen LogP contribution >= 0.6 is 0 Å². The van der Waals surface area contributed by atoms with Crippen molar-refractivity contribution < 1.29 is 40.9 Å². The highest BCUT2D eigenvalue weighted by molar-refractivity contribution is 5.12. The first-order valence-corrected chi connectivity index (χ1v) is 5.31. The van der Waals surface area contributed by atoms with Gasteiger partial charge in [-0.2, -0.15) is 0 Å². The third kappa shape index (κ3) is 4.09. The summed E-state index contributed by atoms with van der Waals surface area (Å²) in [5, 5.41) is 73.9. The summed E-state index contributed by atoms with van der Waals surface area (Å²) in [5.74, 6) is -2.33. The van der Waals surface area contributed by atoms with Crippen molar-refractivity contribution in [1.82, 2.24) is 0 Å². The second-order valence-electron chi connectivity index (χ2n) is 4.12. The Labute approximate surface area is 104 Å². The van der Waals surface area contributed by atoms with Gasteiger partial charge in [0.1, 0.15) is 24.4 Å². The standard InChI is InChI=1S/C10H20O8/c1-3(11)5(13)7(15)9(17)10(18)8(16)6(14)4(2)12/h3-7,9,11-18H,1-2H3/b10-8+/t3-,4?,5-,6?,7?,9-/m1/s1. The smallest absolute Gasteiger partial charge is 0.164 e. The molecule has 0 saturated carbocycles. The summed E-state index contributed by atoms with van der Waals surface area (Å²) in [7, 11) is 0. The van der Waals surface area contributed by atoms with Gasteiger partial charge in [0.05, 0.1) is 12.2 Å². The van der Waals surface area contributed by atoms with E-state index in [-0.39, 0.29) is 0 Å². The molecule has 108 valence electrons. The molecule has 0 aliphatic rings. The summed E-state index contributed by atoms with van der Waals surface area (Å²) in [6.07, 6.45) is -10.5. The van der Waals surface area contributed by atoms with Crippen LogP contribution in [0.3, 0.4) is 0 Å². The van der Waals surface area contributed by atoms with Gasteiger partial charge < -0.3 is 40.9 Å². The molecule has 3 unspecified atom stereocenters. The highest BCUT2D eigenvalue weighted by Crippen LogP contribution is 2.16. The fourth-order valence-corrected chi connectivity index (χ4v) is 1.17. The molecule has 8 nitrogen and oxygen atoms in total. The quantitative estimate of drug-likeness (QED) is 0.245. The van der Waals surface area contributed by atoms with Crippen LogP contribution in [0.15, 0.2) is 11.5 Å². The molecule has 0 aliphatic carbocycles. The van der Waals surface area contributed by atoms with Crippen LogP contribution in [-0.4, -0.2) is 77.5 Å². The van der Waals surface area contributed by atoms with Crippen LogP contribution in [0.2, 0.25) is 0 Å². The Bertz CT molecular complexity index is 288. The largest absolute Gasteiger partial charge is 0.506 e. The summed E-state index contributed by atoms with van der Waals surface area (Å²) in [5.41, 5.74) is 0. The third-order valence-corrected chi connectivity index (χ3v) is 2.45. The zero-order chi connectivity index (χ0) is 14.6. The van der Waals surface area contributed by atoms with E-state index in [1.165, 1.54) is 0 Å². The number of aliphatic hydroxyl groups excluding tert-OH is 8. The SMILES string of the molecule is CC(O)C(O)/C(O)=C(\O)[C@H](O)C(O)[C@H](O)[C@@H](C)O. The number of hydrogen-bond donors (Lipinski definition) is 8. The molecule has 0 bridgehead atoms. The highest BCUT2D eigenvalue weighted by atomic mass is 16.4. The maximum atomic E-state index is 9.42. The molecule has 18 heavy (non-hydrogen) atoms. The van der Waals surface area contributed by atoms with E-state index in [0.717, 1.165) is 13.8 Å². The van der Waals surface area contributed by atoms with Gasteiger partial charge in [-0.05, 0) is 13.8 Å². The Hall–Kier alpha value is -0.900. The molecule has 6 atom stereocenters. The molecule has 0 heterocycles. The monoisotopic (exact) mass is 268 g/mol. The number of hydrogen-bond acceptors (Lipinski definition) is 8. The predicted octanol–water partition coefficient (Wildman–Crippen LogP) is -2.48. The summed E-state index contributed by atoms with van der Waals surface area (Å²) < 4.78 is 0. The van der Waals surface area contributed by atoms with Gasteiger partial charge >= 0.3 is 0 Å². The molecule has 0 aromatic carbocycles. The second kappa shape index (κ2) is 6.88. The van der Waals surface area contributed by atoms with Crippen molar-refractivity contribution in [2.75, 3.05) is 0 Å². The molecule has 0 spiro atoms. The van der Waals surface area contributed by atoms with Crippen molar-refractivity contribution in [1.29, 1.82) is 0 Å². The van der Waals surface area contributed by atoms with Gasteiger partial charge in [0, 0.05) is 0 Å². The minimum atomic E-state index is -2.12. The fraction of sp³-hybridized carbons (Fsp3) is 0.800. The molecule has 0 aromatic rings. The summed E-state index contributed by atoms with van der Waals surface area (Å²) in [6, 6.07) is 0. The molecule has 8 heteroatoms. The lowest BCUT2D eigenvalue weighted by molar-refractivity contribution is -0.100. The third-order valence-electron chi connectivity index (χ3n) is 2.45. The van der Waals surface area contributed by atoms with Gasteiger partial charge in [-0.1, -0.05) is 0 Å². The van der Waals surface area contributed by atoms with Crippen molar-refractivity contribution in [2.24, 2.45) is 0 Å². The number of aliphatic hydroxyl groups is 8. The van der Waals surface area contributed by atoms with Gasteiger partial charge in [0.15, 0.2) is 11.5 Å². The molecule has 0 rings (SSSR count). The van der Waals surface area contributed by atoms with E-state index in [1.54, 1.807) is 0 Å². The van der Waals surface area contributed by atoms with Crippen LogP contribution in [-0.2, 0) is 0 Å². The Balaban J connectivity index is 4.97. The maximum absolute atomic E-state index is 9.42. The second-order valence-corrected chi connectivity index (χ2v) is 4.12. The first-order chi connectivity index (χ1) is 8.11. The zero-order valence-corrected chi connectivity index (χ0v) is 10.0. The molecule has 0 aromatic heterocycles. The van der Waals surface area contributed by atoms with Crippen LogP contribution in [0, 0.1) is 0 Å². The van der Waals surface area contributed by atoms with Crippen molar-refractivity contribution in [3.05, 3.63) is 11.5 Å². The first-order valence-electron chi connectivity index (χ1n) is 5.31. The average molecular weight is 268 g/mol. The van der Waals surface area contributed by atoms with Crippen LogP contribution in [0.25, 0.3) is 0 Å². The van der Waals surface area contributed by atoms with Crippen molar-refractivity contribution in [3.8, 4) is 0 Å². The topological polar surface area (TPSA) is 162 Å². The van der Waals surface area contributed by atoms with E-state index < -0.39 is 48.1 Å². The summed E-state index contributed by atoms with van der Waals surface area (Å²) in [4.78, 5) is 0. The lowest BCUT2D eigenvalue weighted by Gasteiger charge is -2.25. The lowest BCUT2D eigenvalue weighted by atomic mass is 10.0. The van der Waals surface area contributed by atoms with Crippen LogP contribution < -0.4 is 0 Å². The average Bonchev–Trinajstić information content (AvgIpc) is 2.32. The first kappa shape index (κ1) is 17.1. The fourth-order valence-electron chi connectivity index (χ4n) is 1.17. The van der Waals surface area contributed by atoms with Gasteiger partial charge in [-0.3, -0.25) is 0 Å². The van der Waals surface area contributed by atoms with Crippen LogP contribution in [0.4, 0.5) is 0 Å². The Kier molecular flexibility index (Phi) is 6.54. The molecule has 0 radical (unpaired) electrons. The molecule has 0 amide bonds. The highest BCUT2D eigenvalue weighted by Gasteiger charge is 2.33. The minimum Gasteiger partial charge on any atom is -0.506 e. The van der Waals surface area contributed by atoms with E-state index in [1.807, 2.05) is 0 Å². The summed E-state index contributed by atoms with van der Waals surface area (Å²) >= 11 is 0. The van der Waals surface area contributed by atoms with E-state index in [0.29, 0.717) is 0 Å². The maximum Gasteiger partial charge on any atom is 0.164 e. The molecule has 0 aliphatic heterocycles. The predicted molar refractivity (Wildman–Crippen MR) is 59.7 cm³/mol. The van der Waals surface area contributed by atoms with Crippen LogP contribution in [0.1, 0.15) is 13.8 Å². The Morgan fingerprint density at radius 1 is 0.611 bits per heavy atom. The van der Waals surface area contributed by atoms with E-state index in [2.05, 4.69) is 0 Å². The van der Waals surface area contributed by atoms with Crippen LogP contribution in [0.5, 0.6) is 0 Å². The van der Waals surface area contributed by atoms with E-state index in [9.17, 15) is 30.6 Å². The Morgan fingerprint density at radius 2 is 1.00 bits per heavy atom. The minimum absolute atomic E-state index is 1.13. The van der Waals surface area contributed by atoms with Crippen molar-refractivity contribution in [3.63, 3.8) is 0 Å². The van der Waals surface area contributed by atoms with E-state index in [4.69, 9.17) is 10.2 Å². The van der Waals surface area contributed by atoms with Gasteiger partial charge in [-0.25, -0.2) is 0 Å². The van der Waals surface area contributed by atoms with Gasteiger partial charge in [0.25, 0.3) is 0 Å². The molecule has 0 fully saturated rings. The molecule has 0 saturated heterocycles.